The number of methoxy groups -OCH3 is 1. The first kappa shape index (κ1) is 17.8. The molecule has 0 fully saturated rings. The van der Waals surface area contributed by atoms with E-state index >= 15 is 0 Å². The number of fused-ring (bicyclic) bond motifs is 1. The molecule has 134 valence electrons. The molecule has 0 bridgehead atoms. The van der Waals surface area contributed by atoms with Crippen molar-refractivity contribution in [2.24, 2.45) is 0 Å². The molecule has 6 heteroatoms. The molecule has 0 aliphatic heterocycles. The van der Waals surface area contributed by atoms with Crippen molar-refractivity contribution in [3.05, 3.63) is 53.1 Å². The van der Waals surface area contributed by atoms with Crippen molar-refractivity contribution in [2.45, 2.75) is 31.1 Å². The number of hydrogen-bond donors (Lipinski definition) is 0. The van der Waals surface area contributed by atoms with Gasteiger partial charge in [-0.3, -0.25) is 0 Å². The van der Waals surface area contributed by atoms with E-state index in [0.29, 0.717) is 24.7 Å². The largest absolute Gasteiger partial charge is 0.491 e. The van der Waals surface area contributed by atoms with Crippen LogP contribution in [0, 0.1) is 6.92 Å². The summed E-state index contributed by atoms with van der Waals surface area (Å²) in [7, 11) is -2.28. The fourth-order valence-corrected chi connectivity index (χ4v) is 3.96. The molecule has 0 unspecified atom stereocenters. The first-order valence-corrected chi connectivity index (χ1v) is 9.69. The Morgan fingerprint density at radius 1 is 1.00 bits per heavy atom. The van der Waals surface area contributed by atoms with Crippen LogP contribution in [0.3, 0.4) is 0 Å². The molecule has 0 radical (unpaired) electrons. The molecule has 1 aliphatic rings. The fourth-order valence-electron chi connectivity index (χ4n) is 2.95. The van der Waals surface area contributed by atoms with Crippen LogP contribution in [0.5, 0.6) is 11.5 Å². The average Bonchev–Trinajstić information content (AvgIpc) is 3.03. The molecule has 5 nitrogen and oxygen atoms in total. The fraction of sp³-hybridized carbons (Fsp3) is 0.368. The zero-order valence-corrected chi connectivity index (χ0v) is 15.3. The molecular formula is C19H22O5S. The van der Waals surface area contributed by atoms with Gasteiger partial charge in [0.25, 0.3) is 0 Å². The molecule has 0 saturated carbocycles. The van der Waals surface area contributed by atoms with Crippen molar-refractivity contribution in [1.82, 2.24) is 0 Å². The SMILES string of the molecule is COCCOc1ccc(S(=O)(=O)Oc2ccc3c(c2)CCC3)cc1C. The monoisotopic (exact) mass is 362 g/mol. The smallest absolute Gasteiger partial charge is 0.339 e. The summed E-state index contributed by atoms with van der Waals surface area (Å²) >= 11 is 0. The Labute approximate surface area is 148 Å². The predicted octanol–water partition coefficient (Wildman–Crippen LogP) is 3.28. The first-order valence-electron chi connectivity index (χ1n) is 8.28. The third-order valence-corrected chi connectivity index (χ3v) is 5.50. The van der Waals surface area contributed by atoms with Crippen LogP contribution in [-0.2, 0) is 27.7 Å². The van der Waals surface area contributed by atoms with Crippen molar-refractivity contribution in [1.29, 1.82) is 0 Å². The van der Waals surface area contributed by atoms with E-state index in [1.54, 1.807) is 32.2 Å². The highest BCUT2D eigenvalue weighted by atomic mass is 32.2. The van der Waals surface area contributed by atoms with Gasteiger partial charge in [-0.25, -0.2) is 0 Å². The lowest BCUT2D eigenvalue weighted by Gasteiger charge is -2.12. The second kappa shape index (κ2) is 7.45. The van der Waals surface area contributed by atoms with Crippen LogP contribution in [0.15, 0.2) is 41.3 Å². The molecule has 0 heterocycles. The number of hydrogen-bond acceptors (Lipinski definition) is 5. The highest BCUT2D eigenvalue weighted by molar-refractivity contribution is 7.87. The van der Waals surface area contributed by atoms with Crippen molar-refractivity contribution < 1.29 is 22.1 Å². The summed E-state index contributed by atoms with van der Waals surface area (Å²) in [6.07, 6.45) is 3.13. The van der Waals surface area contributed by atoms with Gasteiger partial charge in [0.15, 0.2) is 0 Å². The zero-order chi connectivity index (χ0) is 17.9. The number of rotatable bonds is 7. The molecule has 25 heavy (non-hydrogen) atoms. The van der Waals surface area contributed by atoms with Crippen molar-refractivity contribution >= 4 is 10.1 Å². The molecular weight excluding hydrogens is 340 g/mol. The quantitative estimate of drug-likeness (QED) is 0.559. The van der Waals surface area contributed by atoms with Gasteiger partial charge < -0.3 is 13.7 Å². The summed E-state index contributed by atoms with van der Waals surface area (Å²) in [4.78, 5) is 0.115. The minimum atomic E-state index is -3.88. The molecule has 0 amide bonds. The van der Waals surface area contributed by atoms with Crippen molar-refractivity contribution in [3.63, 3.8) is 0 Å². The number of benzene rings is 2. The Hall–Kier alpha value is -2.05. The van der Waals surface area contributed by atoms with Gasteiger partial charge in [-0.1, -0.05) is 6.07 Å². The van der Waals surface area contributed by atoms with E-state index in [1.807, 2.05) is 12.1 Å². The molecule has 3 rings (SSSR count). The Bertz CT molecular complexity index is 858. The molecule has 0 aromatic heterocycles. The van der Waals surface area contributed by atoms with E-state index in [0.717, 1.165) is 24.8 Å². The number of ether oxygens (including phenoxy) is 2. The first-order chi connectivity index (χ1) is 12.0. The van der Waals surface area contributed by atoms with Gasteiger partial charge in [-0.15, -0.1) is 0 Å². The Morgan fingerprint density at radius 2 is 1.80 bits per heavy atom. The third-order valence-electron chi connectivity index (χ3n) is 4.26. The van der Waals surface area contributed by atoms with Gasteiger partial charge in [0.05, 0.1) is 6.61 Å². The standard InChI is InChI=1S/C19H22O5S/c1-14-12-18(8-9-19(14)23-11-10-22-2)25(20,21)24-17-7-6-15-4-3-5-16(15)13-17/h6-9,12-13H,3-5,10-11H2,1-2H3. The van der Waals surface area contributed by atoms with Gasteiger partial charge in [-0.05, 0) is 73.2 Å². The minimum Gasteiger partial charge on any atom is -0.491 e. The van der Waals surface area contributed by atoms with E-state index in [1.165, 1.54) is 17.2 Å². The van der Waals surface area contributed by atoms with Gasteiger partial charge in [0, 0.05) is 7.11 Å². The molecule has 0 N–H and O–H groups in total. The normalized spacial score (nSPS) is 13.5. The predicted molar refractivity (Wildman–Crippen MR) is 94.8 cm³/mol. The Morgan fingerprint density at radius 3 is 2.56 bits per heavy atom. The lowest BCUT2D eigenvalue weighted by atomic mass is 10.1. The molecule has 2 aromatic rings. The van der Waals surface area contributed by atoms with Crippen LogP contribution in [0.25, 0.3) is 0 Å². The van der Waals surface area contributed by atoms with Crippen LogP contribution in [0.2, 0.25) is 0 Å². The number of aryl methyl sites for hydroxylation is 3. The summed E-state index contributed by atoms with van der Waals surface area (Å²) < 4.78 is 40.9. The summed E-state index contributed by atoms with van der Waals surface area (Å²) in [5.41, 5.74) is 3.18. The van der Waals surface area contributed by atoms with Crippen LogP contribution in [0.4, 0.5) is 0 Å². The topological polar surface area (TPSA) is 61.8 Å². The van der Waals surface area contributed by atoms with Gasteiger partial charge >= 0.3 is 10.1 Å². The lowest BCUT2D eigenvalue weighted by Crippen LogP contribution is -2.11. The lowest BCUT2D eigenvalue weighted by molar-refractivity contribution is 0.146. The third kappa shape index (κ3) is 4.14. The van der Waals surface area contributed by atoms with Crippen LogP contribution in [0.1, 0.15) is 23.1 Å². The second-order valence-electron chi connectivity index (χ2n) is 6.09. The highest BCUT2D eigenvalue weighted by Crippen LogP contribution is 2.29. The van der Waals surface area contributed by atoms with Crippen LogP contribution in [-0.4, -0.2) is 28.7 Å². The highest BCUT2D eigenvalue weighted by Gasteiger charge is 2.19. The maximum Gasteiger partial charge on any atom is 0.339 e. The summed E-state index contributed by atoms with van der Waals surface area (Å²) in [5.74, 6) is 0.993. The van der Waals surface area contributed by atoms with Crippen LogP contribution < -0.4 is 8.92 Å². The summed E-state index contributed by atoms with van der Waals surface area (Å²) in [5, 5.41) is 0. The van der Waals surface area contributed by atoms with Crippen molar-refractivity contribution in [2.75, 3.05) is 20.3 Å². The molecule has 0 saturated heterocycles. The van der Waals surface area contributed by atoms with E-state index in [2.05, 4.69) is 0 Å². The summed E-state index contributed by atoms with van der Waals surface area (Å²) in [6, 6.07) is 10.2. The van der Waals surface area contributed by atoms with Gasteiger partial charge in [0.2, 0.25) is 0 Å². The van der Waals surface area contributed by atoms with E-state index in [9.17, 15) is 8.42 Å². The van der Waals surface area contributed by atoms with Crippen LogP contribution >= 0.6 is 0 Å². The maximum atomic E-state index is 12.5. The Kier molecular flexibility index (Phi) is 5.30. The molecule has 1 aliphatic carbocycles. The van der Waals surface area contributed by atoms with E-state index in [-0.39, 0.29) is 4.90 Å². The van der Waals surface area contributed by atoms with Crippen molar-refractivity contribution in [3.8, 4) is 11.5 Å². The van der Waals surface area contributed by atoms with Gasteiger partial charge in [-0.2, -0.15) is 8.42 Å². The average molecular weight is 362 g/mol. The molecule has 2 aromatic carbocycles. The Balaban J connectivity index is 1.76. The zero-order valence-electron chi connectivity index (χ0n) is 14.4. The summed E-state index contributed by atoms with van der Waals surface area (Å²) in [6.45, 7) is 2.69. The van der Waals surface area contributed by atoms with Gasteiger partial charge in [0.1, 0.15) is 23.0 Å². The minimum absolute atomic E-state index is 0.115. The second-order valence-corrected chi connectivity index (χ2v) is 7.64. The molecule has 0 atom stereocenters. The maximum absolute atomic E-state index is 12.5. The van der Waals surface area contributed by atoms with E-state index < -0.39 is 10.1 Å². The molecule has 0 spiro atoms. The van der Waals surface area contributed by atoms with E-state index in [4.69, 9.17) is 13.7 Å².